The molecule has 29 heteroatoms. The van der Waals surface area contributed by atoms with Gasteiger partial charge in [-0.15, -0.1) is 0 Å². The Morgan fingerprint density at radius 1 is 0.639 bits per heavy atom. The molecule has 0 fully saturated rings. The molecule has 0 aliphatic carbocycles. The quantitative estimate of drug-likeness (QED) is 0.0157. The third-order valence-electron chi connectivity index (χ3n) is 9.64. The maximum Gasteiger partial charge on any atom is 0.325 e. The first kappa shape index (κ1) is 68.4. The second-order valence-electron chi connectivity index (χ2n) is 16.5. The summed E-state index contributed by atoms with van der Waals surface area (Å²) in [5.74, 6) is -5.92. The number of nitrogens with two attached hydrogens (primary N) is 2. The normalized spacial score (nSPS) is 13.6. The monoisotopic (exact) mass is 1080 g/mol. The van der Waals surface area contributed by atoms with Gasteiger partial charge in [-0.3, -0.25) is 38.1 Å². The van der Waals surface area contributed by atoms with E-state index < -0.39 is 86.5 Å². The van der Waals surface area contributed by atoms with Crippen LogP contribution in [0, 0.1) is 11.8 Å². The Morgan fingerprint density at radius 3 is 1.51 bits per heavy atom. The third-order valence-corrected chi connectivity index (χ3v) is 11.1. The maximum absolute atomic E-state index is 13.1. The van der Waals surface area contributed by atoms with Crippen molar-refractivity contribution >= 4 is 61.6 Å². The lowest BCUT2D eigenvalue weighted by atomic mass is 10.0. The molecule has 7 amide bonds. The van der Waals surface area contributed by atoms with Crippen LogP contribution in [0.2, 0.25) is 0 Å². The van der Waals surface area contributed by atoms with E-state index in [-0.39, 0.29) is 69.2 Å². The number of primary amides is 1. The molecule has 0 aliphatic heterocycles. The average Bonchev–Trinajstić information content (AvgIpc) is 3.32. The van der Waals surface area contributed by atoms with E-state index in [1.807, 2.05) is 20.8 Å². The highest BCUT2D eigenvalue weighted by Gasteiger charge is 2.33. The van der Waals surface area contributed by atoms with Crippen LogP contribution in [0.15, 0.2) is 0 Å². The zero-order valence-electron chi connectivity index (χ0n) is 42.2. The number of carbonyl (C=O) groups excluding carboxylic acids is 7. The second kappa shape index (κ2) is 42.7. The van der Waals surface area contributed by atoms with Gasteiger partial charge in [-0.05, 0) is 24.7 Å². The van der Waals surface area contributed by atoms with E-state index in [1.165, 1.54) is 11.8 Å². The second-order valence-corrected chi connectivity index (χ2v) is 18.6. The number of ether oxygens (including phenoxy) is 8. The van der Waals surface area contributed by atoms with Gasteiger partial charge in [0.25, 0.3) is 0 Å². The highest BCUT2D eigenvalue weighted by molar-refractivity contribution is 7.80. The highest BCUT2D eigenvalue weighted by Crippen LogP contribution is 2.37. The minimum atomic E-state index is -4.58. The largest absolute Gasteiger partial charge is 0.394 e. The Bertz CT molecular complexity index is 1590. The van der Waals surface area contributed by atoms with Gasteiger partial charge < -0.3 is 95.7 Å². The molecule has 0 saturated heterocycles. The van der Waals surface area contributed by atoms with Crippen LogP contribution in [0.5, 0.6) is 0 Å². The van der Waals surface area contributed by atoms with Crippen molar-refractivity contribution in [2.45, 2.75) is 71.1 Å². The summed E-state index contributed by atoms with van der Waals surface area (Å²) in [6.07, 6.45) is -0.0468. The molecule has 27 nitrogen and oxygen atoms in total. The number of amides is 7. The fourth-order valence-electron chi connectivity index (χ4n) is 6.06. The Labute approximate surface area is 427 Å². The van der Waals surface area contributed by atoms with E-state index >= 15 is 0 Å². The van der Waals surface area contributed by atoms with Gasteiger partial charge in [0.1, 0.15) is 18.1 Å². The third kappa shape index (κ3) is 37.2. The molecule has 0 heterocycles. The van der Waals surface area contributed by atoms with Crippen molar-refractivity contribution in [1.82, 2.24) is 31.5 Å². The average molecular weight is 1080 g/mol. The molecule has 0 spiro atoms. The summed E-state index contributed by atoms with van der Waals surface area (Å²) < 4.78 is 55.1. The summed E-state index contributed by atoms with van der Waals surface area (Å²) in [5.41, 5.74) is 10.9. The van der Waals surface area contributed by atoms with E-state index in [0.717, 1.165) is 0 Å². The molecule has 0 saturated carbocycles. The smallest absolute Gasteiger partial charge is 0.325 e. The number of carbonyl (C=O) groups is 7. The van der Waals surface area contributed by atoms with Gasteiger partial charge >= 0.3 is 7.60 Å². The molecule has 5 atom stereocenters. The van der Waals surface area contributed by atoms with Gasteiger partial charge in [0, 0.05) is 18.8 Å². The van der Waals surface area contributed by atoms with Crippen LogP contribution in [-0.2, 0) is 76.0 Å². The Kier molecular flexibility index (Phi) is 40.6. The van der Waals surface area contributed by atoms with Crippen LogP contribution in [0.4, 0.5) is 0 Å². The van der Waals surface area contributed by atoms with Crippen LogP contribution in [0.25, 0.3) is 0 Å². The molecule has 0 aromatic heterocycles. The van der Waals surface area contributed by atoms with Crippen LogP contribution in [-0.4, -0.2) is 236 Å². The van der Waals surface area contributed by atoms with Gasteiger partial charge in [0.05, 0.1) is 144 Å². The zero-order valence-corrected chi connectivity index (χ0v) is 44.0. The van der Waals surface area contributed by atoms with Crippen molar-refractivity contribution in [3.63, 3.8) is 0 Å². The Balaban J connectivity index is 4.26. The topological polar surface area (TPSA) is 387 Å². The summed E-state index contributed by atoms with van der Waals surface area (Å²) >= 11 is 3.97. The number of thiol groups is 1. The van der Waals surface area contributed by atoms with Crippen molar-refractivity contribution in [1.29, 1.82) is 0 Å². The highest BCUT2D eigenvalue weighted by atomic mass is 32.1. The molecule has 0 unspecified atom stereocenters. The molecule has 0 aromatic carbocycles. The van der Waals surface area contributed by atoms with E-state index in [1.54, 1.807) is 0 Å². The molecule has 0 aromatic rings. The lowest BCUT2D eigenvalue weighted by Gasteiger charge is -2.25. The molecule has 0 rings (SSSR count). The molecule has 420 valence electrons. The number of hydrogen-bond acceptors (Lipinski definition) is 19. The van der Waals surface area contributed by atoms with Crippen LogP contribution in [0.1, 0.15) is 47.0 Å². The number of hydrogen-bond donors (Lipinski definition) is 11. The lowest BCUT2D eigenvalue weighted by molar-refractivity contribution is -0.138. The summed E-state index contributed by atoms with van der Waals surface area (Å²) in [4.78, 5) is 108. The SMILES string of the molecule is CCCN(CC(=O)N[C@@H](CC(C)C)C(=O)NCC(=O)N[C@@H](CO)C(=O)N[C@H](C(N)=O)[C@@H](C)CP(=O)(O)O)C(=O)CCOCCOCCOCCOCCOCCOCCOCCOCCNC(=O)[C@@H](N)CS. The maximum atomic E-state index is 13.1. The van der Waals surface area contributed by atoms with Crippen molar-refractivity contribution in [3.8, 4) is 0 Å². The predicted octanol–water partition coefficient (Wildman–Crippen LogP) is -3.97. The van der Waals surface area contributed by atoms with Crippen LogP contribution < -0.4 is 38.1 Å². The molecule has 0 radical (unpaired) electrons. The lowest BCUT2D eigenvalue weighted by Crippen LogP contribution is -2.57. The van der Waals surface area contributed by atoms with E-state index in [2.05, 4.69) is 39.2 Å². The first-order valence-electron chi connectivity index (χ1n) is 23.9. The minimum absolute atomic E-state index is 0.00394. The zero-order chi connectivity index (χ0) is 54.2. The fourth-order valence-corrected chi connectivity index (χ4v) is 7.18. The van der Waals surface area contributed by atoms with E-state index in [4.69, 9.17) is 49.4 Å². The van der Waals surface area contributed by atoms with Gasteiger partial charge in [-0.25, -0.2) is 0 Å². The first-order valence-corrected chi connectivity index (χ1v) is 26.3. The summed E-state index contributed by atoms with van der Waals surface area (Å²) in [5, 5.41) is 21.7. The predicted molar refractivity (Wildman–Crippen MR) is 263 cm³/mol. The number of aliphatic hydroxyl groups excluding tert-OH is 1. The van der Waals surface area contributed by atoms with Crippen molar-refractivity contribution in [2.24, 2.45) is 23.3 Å². The number of nitrogens with one attached hydrogen (secondary N) is 5. The molecule has 72 heavy (non-hydrogen) atoms. The van der Waals surface area contributed by atoms with E-state index in [0.29, 0.717) is 98.9 Å². The van der Waals surface area contributed by atoms with Gasteiger partial charge in [0.15, 0.2) is 0 Å². The van der Waals surface area contributed by atoms with Crippen LogP contribution in [0.3, 0.4) is 0 Å². The van der Waals surface area contributed by atoms with Gasteiger partial charge in [-0.1, -0.05) is 27.7 Å². The van der Waals surface area contributed by atoms with E-state index in [9.17, 15) is 53.0 Å². The number of nitrogens with zero attached hydrogens (tertiary/aromatic N) is 1. The standard InChI is InChI=1S/C43H83N8O19PS/c1-5-8-51(27-37(54)48-34(25-31(2)3)42(58)47-26-36(53)49-35(28-52)43(59)50-39(40(45)56)32(4)29-71(60,61)62)38(55)6-9-63-11-13-65-15-17-67-19-21-69-23-24-70-22-20-68-18-16-66-14-12-64-10-7-46-41(57)33(44)30-72/h31-35,39,52,72H,5-30,44H2,1-4H3,(H2,45,56)(H,46,57)(H,47,58)(H,48,54)(H,49,53)(H,50,59)(H2,60,61,62)/t32-,33-,34-,35-,39-/m0/s1. The molecular formula is C43H83N8O19PS. The molecule has 12 N–H and O–H groups in total. The summed E-state index contributed by atoms with van der Waals surface area (Å²) in [7, 11) is -4.58. The molecule has 0 aliphatic rings. The summed E-state index contributed by atoms with van der Waals surface area (Å²) in [6, 6.07) is -4.88. The van der Waals surface area contributed by atoms with Gasteiger partial charge in [-0.2, -0.15) is 12.6 Å². The minimum Gasteiger partial charge on any atom is -0.394 e. The Morgan fingerprint density at radius 2 is 1.10 bits per heavy atom. The fraction of sp³-hybridized carbons (Fsp3) is 0.837. The molecular weight excluding hydrogens is 996 g/mol. The van der Waals surface area contributed by atoms with Crippen molar-refractivity contribution in [2.75, 3.05) is 150 Å². The molecule has 0 bridgehead atoms. The first-order chi connectivity index (χ1) is 34.3. The number of aliphatic hydroxyl groups is 1. The van der Waals surface area contributed by atoms with Crippen molar-refractivity contribution in [3.05, 3.63) is 0 Å². The van der Waals surface area contributed by atoms with Gasteiger partial charge in [0.2, 0.25) is 41.4 Å². The summed E-state index contributed by atoms with van der Waals surface area (Å²) in [6.45, 7) is 11.1. The van der Waals surface area contributed by atoms with Crippen LogP contribution >= 0.6 is 20.2 Å². The number of rotatable bonds is 47. The van der Waals surface area contributed by atoms with Crippen molar-refractivity contribution < 1.29 is 90.9 Å². The Hall–Kier alpha value is -3.61.